The highest BCUT2D eigenvalue weighted by Crippen LogP contribution is 2.35. The van der Waals surface area contributed by atoms with E-state index in [1.807, 2.05) is 36.4 Å². The minimum absolute atomic E-state index is 0.661. The number of anilines is 2. The number of halogens is 3. The molecule has 0 aliphatic rings. The molecule has 6 heteroatoms. The quantitative estimate of drug-likeness (QED) is 0.586. The molecule has 1 heterocycles. The van der Waals surface area contributed by atoms with Gasteiger partial charge in [-0.1, -0.05) is 40.6 Å². The summed E-state index contributed by atoms with van der Waals surface area (Å²) in [6.07, 6.45) is 0. The number of benzene rings is 2. The third kappa shape index (κ3) is 2.72. The Kier molecular flexibility index (Phi) is 3.67. The molecule has 2 nitrogen and oxygen atoms in total. The van der Waals surface area contributed by atoms with E-state index >= 15 is 0 Å². The van der Waals surface area contributed by atoms with Crippen LogP contribution in [0.1, 0.15) is 0 Å². The third-order valence-corrected chi connectivity index (χ3v) is 5.11. The van der Waals surface area contributed by atoms with Crippen LogP contribution < -0.4 is 5.32 Å². The Bertz CT molecular complexity index is 757. The summed E-state index contributed by atoms with van der Waals surface area (Å²) in [6, 6.07) is 11.3. The number of aromatic nitrogens is 1. The molecule has 0 amide bonds. The number of nitrogens with zero attached hydrogens (tertiary/aromatic N) is 1. The molecule has 0 fully saturated rings. The zero-order valence-electron chi connectivity index (χ0n) is 9.45. The Morgan fingerprint density at radius 2 is 2.00 bits per heavy atom. The fourth-order valence-electron chi connectivity index (χ4n) is 1.67. The van der Waals surface area contributed by atoms with Crippen molar-refractivity contribution < 1.29 is 0 Å². The molecule has 0 spiro atoms. The lowest BCUT2D eigenvalue weighted by atomic mass is 10.3. The summed E-state index contributed by atoms with van der Waals surface area (Å²) in [4.78, 5) is 4.50. The topological polar surface area (TPSA) is 24.9 Å². The summed E-state index contributed by atoms with van der Waals surface area (Å²) in [5.41, 5.74) is 1.81. The number of nitrogens with one attached hydrogen (secondary N) is 1. The highest BCUT2D eigenvalue weighted by Gasteiger charge is 2.08. The minimum atomic E-state index is 0.661. The predicted molar refractivity (Wildman–Crippen MR) is 87.1 cm³/mol. The first kappa shape index (κ1) is 13.2. The number of thiazole rings is 1. The van der Waals surface area contributed by atoms with Crippen molar-refractivity contribution in [2.75, 3.05) is 5.32 Å². The normalized spacial score (nSPS) is 10.9. The molecule has 0 bridgehead atoms. The van der Waals surface area contributed by atoms with E-state index in [2.05, 4.69) is 26.2 Å². The summed E-state index contributed by atoms with van der Waals surface area (Å²) in [6.45, 7) is 0. The molecule has 0 aliphatic heterocycles. The predicted octanol–water partition coefficient (Wildman–Crippen LogP) is 6.11. The van der Waals surface area contributed by atoms with Gasteiger partial charge in [0.1, 0.15) is 0 Å². The van der Waals surface area contributed by atoms with E-state index < -0.39 is 0 Å². The minimum Gasteiger partial charge on any atom is -0.331 e. The van der Waals surface area contributed by atoms with E-state index in [1.165, 1.54) is 0 Å². The van der Waals surface area contributed by atoms with E-state index in [-0.39, 0.29) is 0 Å². The molecule has 0 unspecified atom stereocenters. The van der Waals surface area contributed by atoms with Crippen molar-refractivity contribution in [3.05, 3.63) is 50.9 Å². The van der Waals surface area contributed by atoms with Crippen LogP contribution in [0.15, 0.2) is 40.9 Å². The van der Waals surface area contributed by atoms with Gasteiger partial charge in [0.05, 0.1) is 25.4 Å². The second-order valence-electron chi connectivity index (χ2n) is 3.86. The summed E-state index contributed by atoms with van der Waals surface area (Å²) in [7, 11) is 0. The van der Waals surface area contributed by atoms with E-state index in [9.17, 15) is 0 Å². The van der Waals surface area contributed by atoms with Crippen LogP contribution in [0.2, 0.25) is 10.0 Å². The molecule has 0 atom stereocenters. The summed E-state index contributed by atoms with van der Waals surface area (Å²) < 4.78 is 1.88. The highest BCUT2D eigenvalue weighted by molar-refractivity contribution is 9.10. The van der Waals surface area contributed by atoms with E-state index in [1.54, 1.807) is 11.3 Å². The molecule has 0 radical (unpaired) electrons. The van der Waals surface area contributed by atoms with Gasteiger partial charge in [-0.25, -0.2) is 4.98 Å². The molecule has 3 aromatic rings. The van der Waals surface area contributed by atoms with Crippen LogP contribution in [0.5, 0.6) is 0 Å². The Morgan fingerprint density at radius 1 is 1.16 bits per heavy atom. The number of rotatable bonds is 2. The average Bonchev–Trinajstić information content (AvgIpc) is 2.76. The largest absolute Gasteiger partial charge is 0.331 e. The van der Waals surface area contributed by atoms with E-state index in [4.69, 9.17) is 23.2 Å². The van der Waals surface area contributed by atoms with Crippen LogP contribution >= 0.6 is 50.5 Å². The maximum absolute atomic E-state index is 6.06. The SMILES string of the molecule is Clc1ccc2nc(Nc3cccc(Cl)c3Br)sc2c1. The second-order valence-corrected chi connectivity index (χ2v) is 6.52. The van der Waals surface area contributed by atoms with Crippen molar-refractivity contribution in [3.8, 4) is 0 Å². The van der Waals surface area contributed by atoms with Crippen molar-refractivity contribution in [2.24, 2.45) is 0 Å². The first-order valence-corrected chi connectivity index (χ1v) is 7.77. The molecule has 3 rings (SSSR count). The Labute approximate surface area is 132 Å². The van der Waals surface area contributed by atoms with Crippen LogP contribution in [0.25, 0.3) is 10.2 Å². The van der Waals surface area contributed by atoms with Crippen molar-refractivity contribution >= 4 is 71.5 Å². The van der Waals surface area contributed by atoms with Gasteiger partial charge in [-0.05, 0) is 46.3 Å². The van der Waals surface area contributed by atoms with E-state index in [0.717, 1.165) is 25.5 Å². The van der Waals surface area contributed by atoms with Gasteiger partial charge in [-0.15, -0.1) is 0 Å². The average molecular weight is 374 g/mol. The van der Waals surface area contributed by atoms with Crippen LogP contribution in [0.3, 0.4) is 0 Å². The molecule has 2 aromatic carbocycles. The molecule has 96 valence electrons. The maximum atomic E-state index is 6.06. The molecule has 0 saturated heterocycles. The Balaban J connectivity index is 1.99. The van der Waals surface area contributed by atoms with Gasteiger partial charge in [0.15, 0.2) is 5.13 Å². The number of hydrogen-bond acceptors (Lipinski definition) is 3. The molecule has 1 N–H and O–H groups in total. The lowest BCUT2D eigenvalue weighted by Gasteiger charge is -2.05. The fraction of sp³-hybridized carbons (Fsp3) is 0. The van der Waals surface area contributed by atoms with Gasteiger partial charge in [0, 0.05) is 5.02 Å². The van der Waals surface area contributed by atoms with Crippen LogP contribution in [-0.4, -0.2) is 4.98 Å². The van der Waals surface area contributed by atoms with Crippen molar-refractivity contribution in [1.82, 2.24) is 4.98 Å². The first-order valence-electron chi connectivity index (χ1n) is 5.40. The Morgan fingerprint density at radius 3 is 2.84 bits per heavy atom. The molecule has 0 aliphatic carbocycles. The van der Waals surface area contributed by atoms with E-state index in [0.29, 0.717) is 10.0 Å². The lowest BCUT2D eigenvalue weighted by molar-refractivity contribution is 1.43. The van der Waals surface area contributed by atoms with Crippen molar-refractivity contribution in [3.63, 3.8) is 0 Å². The number of hydrogen-bond donors (Lipinski definition) is 1. The van der Waals surface area contributed by atoms with Gasteiger partial charge >= 0.3 is 0 Å². The zero-order valence-corrected chi connectivity index (χ0v) is 13.4. The molecule has 0 saturated carbocycles. The van der Waals surface area contributed by atoms with Gasteiger partial charge < -0.3 is 5.32 Å². The van der Waals surface area contributed by atoms with Crippen LogP contribution in [0, 0.1) is 0 Å². The first-order chi connectivity index (χ1) is 9.13. The molecular weight excluding hydrogens is 367 g/mol. The highest BCUT2D eigenvalue weighted by atomic mass is 79.9. The smallest absolute Gasteiger partial charge is 0.188 e. The van der Waals surface area contributed by atoms with Gasteiger partial charge in [-0.2, -0.15) is 0 Å². The van der Waals surface area contributed by atoms with Crippen molar-refractivity contribution in [1.29, 1.82) is 0 Å². The van der Waals surface area contributed by atoms with Gasteiger partial charge in [-0.3, -0.25) is 0 Å². The van der Waals surface area contributed by atoms with Crippen LogP contribution in [0.4, 0.5) is 10.8 Å². The third-order valence-electron chi connectivity index (χ3n) is 2.54. The monoisotopic (exact) mass is 372 g/mol. The summed E-state index contributed by atoms with van der Waals surface area (Å²) in [5.74, 6) is 0. The molecule has 19 heavy (non-hydrogen) atoms. The molecule has 1 aromatic heterocycles. The standard InChI is InChI=1S/C13H7BrCl2N2S/c14-12-8(16)2-1-3-10(12)18-13-17-9-5-4-7(15)6-11(9)19-13/h1-6H,(H,17,18). The fourth-order valence-corrected chi connectivity index (χ4v) is 3.36. The second kappa shape index (κ2) is 5.29. The van der Waals surface area contributed by atoms with Crippen LogP contribution in [-0.2, 0) is 0 Å². The number of fused-ring (bicyclic) bond motifs is 1. The maximum Gasteiger partial charge on any atom is 0.188 e. The van der Waals surface area contributed by atoms with Gasteiger partial charge in [0.2, 0.25) is 0 Å². The zero-order chi connectivity index (χ0) is 13.4. The van der Waals surface area contributed by atoms with Crippen molar-refractivity contribution in [2.45, 2.75) is 0 Å². The summed E-state index contributed by atoms with van der Waals surface area (Å²) >= 11 is 17.0. The lowest BCUT2D eigenvalue weighted by Crippen LogP contribution is -1.90. The van der Waals surface area contributed by atoms with Gasteiger partial charge in [0.25, 0.3) is 0 Å². The Hall–Kier alpha value is -0.810. The molecular formula is C13H7BrCl2N2S. The summed E-state index contributed by atoms with van der Waals surface area (Å²) in [5, 5.41) is 5.44.